The molecule has 1 aromatic carbocycles. The summed E-state index contributed by atoms with van der Waals surface area (Å²) >= 11 is 3.35. The van der Waals surface area contributed by atoms with Gasteiger partial charge in [-0.1, -0.05) is 15.9 Å². The molecule has 0 saturated heterocycles. The first-order valence-corrected chi connectivity index (χ1v) is 6.88. The number of carbonyl (C=O) groups is 1. The minimum Gasteiger partial charge on any atom is -0.443 e. The first-order chi connectivity index (χ1) is 9.58. The van der Waals surface area contributed by atoms with Crippen LogP contribution in [0.2, 0.25) is 0 Å². The number of furan rings is 1. The Morgan fingerprint density at radius 3 is 2.55 bits per heavy atom. The van der Waals surface area contributed by atoms with E-state index in [-0.39, 0.29) is 5.78 Å². The molecule has 0 amide bonds. The van der Waals surface area contributed by atoms with E-state index < -0.39 is 0 Å². The van der Waals surface area contributed by atoms with Gasteiger partial charge in [0.05, 0.1) is 5.39 Å². The second-order valence-electron chi connectivity index (χ2n) is 4.52. The van der Waals surface area contributed by atoms with Crippen molar-refractivity contribution in [2.75, 3.05) is 0 Å². The fraction of sp³-hybridized carbons (Fsp3) is 0.133. The quantitative estimate of drug-likeness (QED) is 0.670. The Morgan fingerprint density at radius 1 is 1.15 bits per heavy atom. The first-order valence-electron chi connectivity index (χ1n) is 6.09. The van der Waals surface area contributed by atoms with Crippen molar-refractivity contribution < 1.29 is 9.21 Å². The van der Waals surface area contributed by atoms with Crippen LogP contribution in [0.4, 0.5) is 0 Å². The van der Waals surface area contributed by atoms with E-state index in [1.54, 1.807) is 12.1 Å². The van der Waals surface area contributed by atoms with Crippen LogP contribution in [0.5, 0.6) is 0 Å². The summed E-state index contributed by atoms with van der Waals surface area (Å²) in [5.41, 5.74) is 2.33. The summed E-state index contributed by atoms with van der Waals surface area (Å²) in [6, 6.07) is 7.20. The van der Waals surface area contributed by atoms with Crippen molar-refractivity contribution in [2.24, 2.45) is 0 Å². The van der Waals surface area contributed by atoms with E-state index in [0.717, 1.165) is 15.8 Å². The highest BCUT2D eigenvalue weighted by molar-refractivity contribution is 9.10. The molecule has 2 aromatic heterocycles. The number of fused-ring (bicyclic) bond motifs is 1. The van der Waals surface area contributed by atoms with Crippen LogP contribution in [0.15, 0.2) is 39.5 Å². The number of aryl methyl sites for hydroxylation is 2. The zero-order valence-corrected chi connectivity index (χ0v) is 12.6. The second-order valence-corrected chi connectivity index (χ2v) is 5.44. The molecule has 4 nitrogen and oxygen atoms in total. The van der Waals surface area contributed by atoms with E-state index >= 15 is 0 Å². The van der Waals surface area contributed by atoms with Gasteiger partial charge in [-0.05, 0) is 38.1 Å². The van der Waals surface area contributed by atoms with Gasteiger partial charge in [-0.2, -0.15) is 0 Å². The van der Waals surface area contributed by atoms with Gasteiger partial charge in [0.1, 0.15) is 17.8 Å². The molecule has 0 radical (unpaired) electrons. The molecule has 0 saturated carbocycles. The maximum absolute atomic E-state index is 12.6. The van der Waals surface area contributed by atoms with Crippen LogP contribution in [0.25, 0.3) is 11.1 Å². The Kier molecular flexibility index (Phi) is 3.14. The maximum atomic E-state index is 12.6. The summed E-state index contributed by atoms with van der Waals surface area (Å²) in [4.78, 5) is 20.8. The van der Waals surface area contributed by atoms with Crippen LogP contribution in [-0.2, 0) is 0 Å². The number of carbonyl (C=O) groups excluding carboxylic acids is 1. The third-order valence-corrected chi connectivity index (χ3v) is 3.82. The number of aromatic nitrogens is 2. The highest BCUT2D eigenvalue weighted by atomic mass is 79.9. The normalized spacial score (nSPS) is 10.9. The summed E-state index contributed by atoms with van der Waals surface area (Å²) in [5, 5.41) is 0.693. The van der Waals surface area contributed by atoms with Crippen LogP contribution in [-0.4, -0.2) is 15.8 Å². The molecule has 0 spiro atoms. The minimum atomic E-state index is -0.131. The van der Waals surface area contributed by atoms with Gasteiger partial charge < -0.3 is 4.42 Å². The van der Waals surface area contributed by atoms with Gasteiger partial charge >= 0.3 is 0 Å². The van der Waals surface area contributed by atoms with Crippen molar-refractivity contribution in [3.05, 3.63) is 57.6 Å². The molecule has 3 aromatic rings. The average Bonchev–Trinajstić information content (AvgIpc) is 2.74. The molecule has 0 atom stereocenters. The van der Waals surface area contributed by atoms with E-state index in [1.165, 1.54) is 6.33 Å². The van der Waals surface area contributed by atoms with Crippen LogP contribution < -0.4 is 0 Å². The van der Waals surface area contributed by atoms with Gasteiger partial charge in [-0.25, -0.2) is 9.97 Å². The SMILES string of the molecule is Cc1oc2ncnc(C(=O)c3ccc(Br)cc3)c2c1C. The highest BCUT2D eigenvalue weighted by Gasteiger charge is 2.19. The third kappa shape index (κ3) is 2.04. The van der Waals surface area contributed by atoms with Crippen molar-refractivity contribution in [2.45, 2.75) is 13.8 Å². The monoisotopic (exact) mass is 330 g/mol. The Bertz CT molecular complexity index is 807. The molecule has 20 heavy (non-hydrogen) atoms. The van der Waals surface area contributed by atoms with Gasteiger partial charge in [0.25, 0.3) is 0 Å². The summed E-state index contributed by atoms with van der Waals surface area (Å²) < 4.78 is 6.46. The van der Waals surface area contributed by atoms with Crippen LogP contribution in [0.3, 0.4) is 0 Å². The van der Waals surface area contributed by atoms with Crippen LogP contribution >= 0.6 is 15.9 Å². The standard InChI is InChI=1S/C15H11BrN2O2/c1-8-9(2)20-15-12(8)13(17-7-18-15)14(19)10-3-5-11(16)6-4-10/h3-7H,1-2H3. The molecular weight excluding hydrogens is 320 g/mol. The lowest BCUT2D eigenvalue weighted by atomic mass is 10.0. The number of ketones is 1. The van der Waals surface area contributed by atoms with Crippen LogP contribution in [0, 0.1) is 13.8 Å². The Hall–Kier alpha value is -2.01. The van der Waals surface area contributed by atoms with Crippen molar-refractivity contribution in [3.8, 4) is 0 Å². The minimum absolute atomic E-state index is 0.131. The predicted molar refractivity (Wildman–Crippen MR) is 78.9 cm³/mol. The van der Waals surface area contributed by atoms with E-state index in [2.05, 4.69) is 25.9 Å². The lowest BCUT2D eigenvalue weighted by Crippen LogP contribution is -2.05. The van der Waals surface area contributed by atoms with Gasteiger partial charge in [-0.3, -0.25) is 4.79 Å². The van der Waals surface area contributed by atoms with Crippen molar-refractivity contribution >= 4 is 32.8 Å². The predicted octanol–water partition coefficient (Wildman–Crippen LogP) is 3.83. The van der Waals surface area contributed by atoms with Gasteiger partial charge in [0.2, 0.25) is 11.5 Å². The molecule has 2 heterocycles. The molecule has 0 aliphatic rings. The zero-order chi connectivity index (χ0) is 14.3. The number of benzene rings is 1. The molecular formula is C15H11BrN2O2. The number of hydrogen-bond donors (Lipinski definition) is 0. The molecule has 0 bridgehead atoms. The van der Waals surface area contributed by atoms with Gasteiger partial charge in [-0.15, -0.1) is 0 Å². The van der Waals surface area contributed by atoms with Crippen molar-refractivity contribution in [1.82, 2.24) is 9.97 Å². The molecule has 100 valence electrons. The third-order valence-electron chi connectivity index (χ3n) is 3.29. The number of rotatable bonds is 2. The highest BCUT2D eigenvalue weighted by Crippen LogP contribution is 2.26. The Labute approximate surface area is 124 Å². The van der Waals surface area contributed by atoms with Crippen LogP contribution in [0.1, 0.15) is 27.4 Å². The molecule has 0 aliphatic heterocycles. The molecule has 0 N–H and O–H groups in total. The second kappa shape index (κ2) is 4.83. The average molecular weight is 331 g/mol. The fourth-order valence-corrected chi connectivity index (χ4v) is 2.36. The largest absolute Gasteiger partial charge is 0.443 e. The van der Waals surface area contributed by atoms with E-state index in [0.29, 0.717) is 22.4 Å². The van der Waals surface area contributed by atoms with E-state index in [1.807, 2.05) is 26.0 Å². The Morgan fingerprint density at radius 2 is 1.85 bits per heavy atom. The lowest BCUT2D eigenvalue weighted by Gasteiger charge is -2.02. The summed E-state index contributed by atoms with van der Waals surface area (Å²) in [6.07, 6.45) is 1.36. The van der Waals surface area contributed by atoms with Crippen molar-refractivity contribution in [3.63, 3.8) is 0 Å². The number of nitrogens with zero attached hydrogens (tertiary/aromatic N) is 2. The zero-order valence-electron chi connectivity index (χ0n) is 11.0. The van der Waals surface area contributed by atoms with Gasteiger partial charge in [0, 0.05) is 15.6 Å². The molecule has 0 fully saturated rings. The summed E-state index contributed by atoms with van der Waals surface area (Å²) in [6.45, 7) is 3.76. The molecule has 0 aliphatic carbocycles. The topological polar surface area (TPSA) is 56.0 Å². The molecule has 3 rings (SSSR count). The Balaban J connectivity index is 2.19. The maximum Gasteiger partial charge on any atom is 0.230 e. The first kappa shape index (κ1) is 13.0. The molecule has 0 unspecified atom stereocenters. The van der Waals surface area contributed by atoms with Gasteiger partial charge in [0.15, 0.2) is 0 Å². The fourth-order valence-electron chi connectivity index (χ4n) is 2.09. The van der Waals surface area contributed by atoms with E-state index in [4.69, 9.17) is 4.42 Å². The van der Waals surface area contributed by atoms with E-state index in [9.17, 15) is 4.79 Å². The summed E-state index contributed by atoms with van der Waals surface area (Å²) in [7, 11) is 0. The summed E-state index contributed by atoms with van der Waals surface area (Å²) in [5.74, 6) is 0.624. The lowest BCUT2D eigenvalue weighted by molar-refractivity contribution is 0.103. The van der Waals surface area contributed by atoms with Crippen molar-refractivity contribution in [1.29, 1.82) is 0 Å². The number of hydrogen-bond acceptors (Lipinski definition) is 4. The molecule has 5 heteroatoms. The smallest absolute Gasteiger partial charge is 0.230 e. The number of halogens is 1.